The molecule has 0 aliphatic heterocycles. The van der Waals surface area contributed by atoms with Crippen molar-refractivity contribution >= 4 is 18.7 Å². The molecule has 0 heterocycles. The Morgan fingerprint density at radius 2 is 1.38 bits per heavy atom. The van der Waals surface area contributed by atoms with Crippen LogP contribution < -0.4 is 10.4 Å². The topological polar surface area (TPSA) is 38.7 Å². The molecule has 4 atom stereocenters. The summed E-state index contributed by atoms with van der Waals surface area (Å²) in [5.41, 5.74) is 1.11. The van der Waals surface area contributed by atoms with Crippen molar-refractivity contribution in [1.29, 1.82) is 0 Å². The lowest BCUT2D eigenvalue weighted by Gasteiger charge is -2.46. The Labute approximate surface area is 205 Å². The van der Waals surface area contributed by atoms with Crippen LogP contribution in [0, 0.1) is 5.92 Å². The minimum atomic E-state index is -2.82. The van der Waals surface area contributed by atoms with E-state index in [0.717, 1.165) is 5.56 Å². The third kappa shape index (κ3) is 4.82. The molecule has 1 aliphatic carbocycles. The van der Waals surface area contributed by atoms with Gasteiger partial charge in [0.25, 0.3) is 8.32 Å². The van der Waals surface area contributed by atoms with Crippen LogP contribution in [0.5, 0.6) is 0 Å². The van der Waals surface area contributed by atoms with Gasteiger partial charge in [-0.05, 0) is 27.4 Å². The molecule has 178 valence electrons. The molecular formula is C30H36O3Si. The van der Waals surface area contributed by atoms with Crippen LogP contribution in [0.3, 0.4) is 0 Å². The fraction of sp³-hybridized carbons (Fsp3) is 0.333. The van der Waals surface area contributed by atoms with Gasteiger partial charge >= 0.3 is 0 Å². The molecule has 3 aromatic rings. The number of ether oxygens (including phenoxy) is 1. The first-order valence-corrected chi connectivity index (χ1v) is 14.0. The van der Waals surface area contributed by atoms with E-state index in [4.69, 9.17) is 9.16 Å². The number of aliphatic hydroxyl groups excluding tert-OH is 1. The summed E-state index contributed by atoms with van der Waals surface area (Å²) in [6, 6.07) is 31.3. The fourth-order valence-electron chi connectivity index (χ4n) is 5.22. The van der Waals surface area contributed by atoms with E-state index < -0.39 is 20.5 Å². The Bertz CT molecular complexity index is 1010. The maximum absolute atomic E-state index is 11.4. The summed E-state index contributed by atoms with van der Waals surface area (Å²) in [5, 5.41) is 13.6. The average Bonchev–Trinajstić information content (AvgIpc) is 3.16. The summed E-state index contributed by atoms with van der Waals surface area (Å²) in [7, 11) is -2.82. The van der Waals surface area contributed by atoms with Crippen molar-refractivity contribution in [1.82, 2.24) is 0 Å². The summed E-state index contributed by atoms with van der Waals surface area (Å²) >= 11 is 0. The van der Waals surface area contributed by atoms with Gasteiger partial charge in [-0.3, -0.25) is 0 Å². The molecule has 0 radical (unpaired) electrons. The van der Waals surface area contributed by atoms with E-state index in [1.54, 1.807) is 0 Å². The minimum absolute atomic E-state index is 0.0658. The van der Waals surface area contributed by atoms with Crippen molar-refractivity contribution in [3.63, 3.8) is 0 Å². The first kappa shape index (κ1) is 24.6. The van der Waals surface area contributed by atoms with Crippen LogP contribution in [0.25, 0.3) is 0 Å². The van der Waals surface area contributed by atoms with E-state index in [0.29, 0.717) is 13.0 Å². The molecule has 0 saturated heterocycles. The molecule has 34 heavy (non-hydrogen) atoms. The van der Waals surface area contributed by atoms with Crippen LogP contribution in [-0.2, 0) is 15.8 Å². The second-order valence-corrected chi connectivity index (χ2v) is 14.5. The predicted molar refractivity (Wildman–Crippen MR) is 142 cm³/mol. The second-order valence-electron chi connectivity index (χ2n) is 10.2. The number of aliphatic hydroxyl groups is 1. The van der Waals surface area contributed by atoms with Crippen molar-refractivity contribution < 1.29 is 14.3 Å². The first-order chi connectivity index (χ1) is 16.4. The lowest BCUT2D eigenvalue weighted by molar-refractivity contribution is -0.0534. The van der Waals surface area contributed by atoms with Gasteiger partial charge in [0.1, 0.15) is 0 Å². The molecule has 0 aromatic heterocycles. The first-order valence-electron chi connectivity index (χ1n) is 12.1. The quantitative estimate of drug-likeness (QED) is 0.367. The van der Waals surface area contributed by atoms with Crippen LogP contribution in [0.1, 0.15) is 32.8 Å². The average molecular weight is 473 g/mol. The third-order valence-corrected chi connectivity index (χ3v) is 12.0. The molecule has 1 unspecified atom stereocenters. The van der Waals surface area contributed by atoms with Crippen LogP contribution >= 0.6 is 0 Å². The zero-order valence-corrected chi connectivity index (χ0v) is 21.4. The zero-order valence-electron chi connectivity index (χ0n) is 20.4. The van der Waals surface area contributed by atoms with Crippen LogP contribution in [-0.4, -0.2) is 31.7 Å². The molecule has 0 amide bonds. The van der Waals surface area contributed by atoms with E-state index in [-0.39, 0.29) is 17.1 Å². The third-order valence-electron chi connectivity index (χ3n) is 6.99. The van der Waals surface area contributed by atoms with Crippen molar-refractivity contribution in [2.45, 2.75) is 57.1 Å². The van der Waals surface area contributed by atoms with Crippen molar-refractivity contribution in [3.8, 4) is 0 Å². The molecule has 0 bridgehead atoms. The van der Waals surface area contributed by atoms with E-state index in [1.165, 1.54) is 10.4 Å². The number of hydrogen-bond donors (Lipinski definition) is 1. The van der Waals surface area contributed by atoms with Gasteiger partial charge in [-0.25, -0.2) is 0 Å². The van der Waals surface area contributed by atoms with Gasteiger partial charge < -0.3 is 14.3 Å². The SMILES string of the molecule is C=C[C@H]1CC(OCc2ccccc2)[C@H](O[Si](c2ccccc2)(c2ccccc2)C(C)(C)C)[C@@H]1O. The standard InChI is InChI=1S/C30H36O3Si/c1-5-24-21-27(32-22-23-15-9-6-10-16-23)29(28(24)31)33-34(30(2,3)4,25-17-11-7-12-18-25)26-19-13-8-14-20-26/h5-20,24,27-29,31H,1,21-22H2,2-4H3/t24-,27?,28+,29-/m0/s1. The van der Waals surface area contributed by atoms with Crippen molar-refractivity contribution in [2.75, 3.05) is 0 Å². The highest BCUT2D eigenvalue weighted by Crippen LogP contribution is 2.41. The number of hydrogen-bond acceptors (Lipinski definition) is 3. The van der Waals surface area contributed by atoms with Crippen LogP contribution in [0.15, 0.2) is 104 Å². The van der Waals surface area contributed by atoms with Gasteiger partial charge in [0.15, 0.2) is 0 Å². The highest BCUT2D eigenvalue weighted by molar-refractivity contribution is 6.99. The van der Waals surface area contributed by atoms with E-state index in [1.807, 2.05) is 36.4 Å². The maximum atomic E-state index is 11.4. The predicted octanol–water partition coefficient (Wildman–Crippen LogP) is 5.08. The van der Waals surface area contributed by atoms with Gasteiger partial charge in [-0.2, -0.15) is 0 Å². The lowest BCUT2D eigenvalue weighted by atomic mass is 10.1. The number of benzene rings is 3. The largest absolute Gasteiger partial charge is 0.399 e. The molecule has 4 heteroatoms. The molecule has 4 rings (SSSR count). The van der Waals surface area contributed by atoms with Gasteiger partial charge in [0, 0.05) is 5.92 Å². The van der Waals surface area contributed by atoms with E-state index in [9.17, 15) is 5.11 Å². The minimum Gasteiger partial charge on any atom is -0.399 e. The monoisotopic (exact) mass is 472 g/mol. The van der Waals surface area contributed by atoms with Gasteiger partial charge in [0.05, 0.1) is 24.9 Å². The normalized spacial score (nSPS) is 23.1. The molecule has 1 aliphatic rings. The fourth-order valence-corrected chi connectivity index (χ4v) is 9.94. The molecule has 0 spiro atoms. The van der Waals surface area contributed by atoms with Crippen molar-refractivity contribution in [2.24, 2.45) is 5.92 Å². The Balaban J connectivity index is 1.76. The smallest absolute Gasteiger partial charge is 0.261 e. The summed E-state index contributed by atoms with van der Waals surface area (Å²) in [6.45, 7) is 11.2. The zero-order chi connectivity index (χ0) is 24.2. The molecular weight excluding hydrogens is 436 g/mol. The molecule has 1 saturated carbocycles. The molecule has 1 N–H and O–H groups in total. The Kier molecular flexibility index (Phi) is 7.53. The van der Waals surface area contributed by atoms with Crippen LogP contribution in [0.2, 0.25) is 5.04 Å². The summed E-state index contributed by atoms with van der Waals surface area (Å²) in [6.07, 6.45) is 1.20. The van der Waals surface area contributed by atoms with Crippen LogP contribution in [0.4, 0.5) is 0 Å². The lowest BCUT2D eigenvalue weighted by Crippen LogP contribution is -2.69. The molecule has 1 fully saturated rings. The molecule has 3 aromatic carbocycles. The Hall–Kier alpha value is -2.50. The second kappa shape index (κ2) is 10.4. The Morgan fingerprint density at radius 1 is 0.882 bits per heavy atom. The van der Waals surface area contributed by atoms with Gasteiger partial charge in [-0.15, -0.1) is 6.58 Å². The summed E-state index contributed by atoms with van der Waals surface area (Å²) < 4.78 is 13.7. The van der Waals surface area contributed by atoms with Crippen molar-refractivity contribution in [3.05, 3.63) is 109 Å². The highest BCUT2D eigenvalue weighted by atomic mass is 28.4. The van der Waals surface area contributed by atoms with Gasteiger partial charge in [0.2, 0.25) is 0 Å². The van der Waals surface area contributed by atoms with E-state index >= 15 is 0 Å². The number of rotatable bonds is 8. The summed E-state index contributed by atoms with van der Waals surface area (Å²) in [5.74, 6) is -0.0658. The Morgan fingerprint density at radius 3 is 1.85 bits per heavy atom. The summed E-state index contributed by atoms with van der Waals surface area (Å²) in [4.78, 5) is 0. The molecule has 3 nitrogen and oxygen atoms in total. The highest BCUT2D eigenvalue weighted by Gasteiger charge is 2.55. The van der Waals surface area contributed by atoms with Gasteiger partial charge in [-0.1, -0.05) is 118 Å². The maximum Gasteiger partial charge on any atom is 0.261 e. The van der Waals surface area contributed by atoms with E-state index in [2.05, 4.69) is 88.0 Å².